The molecule has 0 aliphatic heterocycles. The van der Waals surface area contributed by atoms with Crippen LogP contribution in [0.15, 0.2) is 17.3 Å². The molecule has 0 amide bonds. The first-order valence-corrected chi connectivity index (χ1v) is 3.39. The first kappa shape index (κ1) is 10.6. The van der Waals surface area contributed by atoms with Gasteiger partial charge in [-0.25, -0.2) is 4.79 Å². The summed E-state index contributed by atoms with van der Waals surface area (Å²) in [5, 5.41) is 3.20. The Morgan fingerprint density at radius 2 is 2.33 bits per heavy atom. The third-order valence-electron chi connectivity index (χ3n) is 0.940. The first-order valence-electron chi connectivity index (χ1n) is 3.39. The van der Waals surface area contributed by atoms with Crippen molar-refractivity contribution in [2.75, 3.05) is 13.2 Å². The summed E-state index contributed by atoms with van der Waals surface area (Å²) in [6.07, 6.45) is 0. The van der Waals surface area contributed by atoms with Crippen molar-refractivity contribution >= 4 is 12.7 Å². The summed E-state index contributed by atoms with van der Waals surface area (Å²) in [7, 11) is 0. The molecule has 0 unspecified atom stereocenters. The minimum absolute atomic E-state index is 0.0256. The molecule has 0 saturated carbocycles. The van der Waals surface area contributed by atoms with E-state index in [0.717, 1.165) is 0 Å². The van der Waals surface area contributed by atoms with Gasteiger partial charge in [0.1, 0.15) is 6.61 Å². The average molecular weight is 172 g/mol. The number of ether oxygens (including phenoxy) is 1. The second-order valence-corrected chi connectivity index (χ2v) is 1.86. The molecule has 0 aromatic rings. The Hall–Kier alpha value is -1.36. The Bertz CT molecular complexity index is 179. The van der Waals surface area contributed by atoms with Crippen molar-refractivity contribution in [3.8, 4) is 0 Å². The van der Waals surface area contributed by atoms with E-state index in [1.165, 1.54) is 0 Å². The number of hydrogen-bond acceptors (Lipinski definition) is 5. The van der Waals surface area contributed by atoms with Gasteiger partial charge in [-0.05, 0) is 6.92 Å². The van der Waals surface area contributed by atoms with Gasteiger partial charge in [0, 0.05) is 6.72 Å². The minimum Gasteiger partial charge on any atom is -0.463 e. The van der Waals surface area contributed by atoms with E-state index in [9.17, 15) is 4.79 Å². The predicted octanol–water partition coefficient (Wildman–Crippen LogP) is 0.242. The highest BCUT2D eigenvalue weighted by Gasteiger charge is 2.06. The van der Waals surface area contributed by atoms with Gasteiger partial charge >= 0.3 is 5.97 Å². The van der Waals surface area contributed by atoms with Crippen LogP contribution in [-0.2, 0) is 14.4 Å². The number of nitrogens with zero attached hydrogens (tertiary/aromatic N) is 1. The summed E-state index contributed by atoms with van der Waals surface area (Å²) < 4.78 is 4.64. The van der Waals surface area contributed by atoms with Crippen molar-refractivity contribution in [1.29, 1.82) is 0 Å². The van der Waals surface area contributed by atoms with Crippen LogP contribution in [0.5, 0.6) is 0 Å². The van der Waals surface area contributed by atoms with Crippen molar-refractivity contribution in [3.63, 3.8) is 0 Å². The molecule has 5 nitrogen and oxygen atoms in total. The fourth-order valence-corrected chi connectivity index (χ4v) is 0.457. The molecule has 0 heterocycles. The summed E-state index contributed by atoms with van der Waals surface area (Å²) in [6, 6.07) is 0. The van der Waals surface area contributed by atoms with Crippen molar-refractivity contribution < 1.29 is 14.4 Å². The average Bonchev–Trinajstić information content (AvgIpc) is 2.05. The predicted molar refractivity (Wildman–Crippen MR) is 44.4 cm³/mol. The van der Waals surface area contributed by atoms with Crippen molar-refractivity contribution in [2.45, 2.75) is 6.92 Å². The largest absolute Gasteiger partial charge is 0.463 e. The number of hydrogen-bond donors (Lipinski definition) is 1. The van der Waals surface area contributed by atoms with E-state index in [1.54, 1.807) is 6.92 Å². The summed E-state index contributed by atoms with van der Waals surface area (Å²) >= 11 is 0. The van der Waals surface area contributed by atoms with E-state index in [1.807, 2.05) is 0 Å². The Morgan fingerprint density at radius 3 is 2.83 bits per heavy atom. The molecule has 0 radical (unpaired) electrons. The molecule has 0 aromatic carbocycles. The normalized spacial score (nSPS) is 8.75. The van der Waals surface area contributed by atoms with Crippen LogP contribution in [0.3, 0.4) is 0 Å². The van der Waals surface area contributed by atoms with Gasteiger partial charge in [0.2, 0.25) is 0 Å². The Balaban J connectivity index is 3.57. The Morgan fingerprint density at radius 1 is 1.67 bits per heavy atom. The van der Waals surface area contributed by atoms with Gasteiger partial charge in [-0.15, -0.1) is 0 Å². The molecule has 5 heteroatoms. The van der Waals surface area contributed by atoms with Crippen molar-refractivity contribution in [3.05, 3.63) is 12.2 Å². The second-order valence-electron chi connectivity index (χ2n) is 1.86. The van der Waals surface area contributed by atoms with Crippen LogP contribution in [0.25, 0.3) is 0 Å². The number of rotatable bonds is 6. The third-order valence-corrected chi connectivity index (χ3v) is 0.940. The summed E-state index contributed by atoms with van der Waals surface area (Å²) in [6.45, 7) is 8.62. The molecule has 0 aliphatic carbocycles. The van der Waals surface area contributed by atoms with Gasteiger partial charge < -0.3 is 4.74 Å². The standard InChI is InChI=1S/C7H12N2O3/c1-4-11-7(10)6(2)5-12-9-8-3/h9H,2-5H2,1H3. The highest BCUT2D eigenvalue weighted by Crippen LogP contribution is 1.94. The lowest BCUT2D eigenvalue weighted by Gasteiger charge is -2.04. The van der Waals surface area contributed by atoms with E-state index in [-0.39, 0.29) is 12.2 Å². The van der Waals surface area contributed by atoms with E-state index in [4.69, 9.17) is 0 Å². The topological polar surface area (TPSA) is 59.9 Å². The maximum atomic E-state index is 10.9. The van der Waals surface area contributed by atoms with Gasteiger partial charge in [-0.1, -0.05) is 6.58 Å². The first-order chi connectivity index (χ1) is 5.72. The molecule has 0 fully saturated rings. The van der Waals surface area contributed by atoms with Gasteiger partial charge in [0.05, 0.1) is 12.2 Å². The molecule has 0 aromatic heterocycles. The third kappa shape index (κ3) is 4.45. The lowest BCUT2D eigenvalue weighted by molar-refractivity contribution is -0.139. The quantitative estimate of drug-likeness (QED) is 0.205. The fourth-order valence-electron chi connectivity index (χ4n) is 0.457. The van der Waals surface area contributed by atoms with Gasteiger partial charge in [-0.2, -0.15) is 10.7 Å². The van der Waals surface area contributed by atoms with Crippen LogP contribution < -0.4 is 5.59 Å². The molecule has 0 aliphatic rings. The van der Waals surface area contributed by atoms with Crippen molar-refractivity contribution in [2.24, 2.45) is 5.10 Å². The minimum atomic E-state index is -0.469. The lowest BCUT2D eigenvalue weighted by Crippen LogP contribution is -2.15. The van der Waals surface area contributed by atoms with Crippen LogP contribution in [0.1, 0.15) is 6.92 Å². The lowest BCUT2D eigenvalue weighted by atomic mass is 10.3. The number of nitrogens with one attached hydrogen (secondary N) is 1. The molecular weight excluding hydrogens is 160 g/mol. The summed E-state index contributed by atoms with van der Waals surface area (Å²) in [5.74, 6) is -0.469. The van der Waals surface area contributed by atoms with E-state index < -0.39 is 5.97 Å². The smallest absolute Gasteiger partial charge is 0.335 e. The van der Waals surface area contributed by atoms with E-state index >= 15 is 0 Å². The monoisotopic (exact) mass is 172 g/mol. The molecule has 0 bridgehead atoms. The summed E-state index contributed by atoms with van der Waals surface area (Å²) in [4.78, 5) is 15.5. The Kier molecular flexibility index (Phi) is 5.64. The number of carbonyl (C=O) groups excluding carboxylic acids is 1. The molecule has 0 rings (SSSR count). The second kappa shape index (κ2) is 6.36. The molecule has 12 heavy (non-hydrogen) atoms. The van der Waals surface area contributed by atoms with Gasteiger partial charge in [-0.3, -0.25) is 4.84 Å². The SMILES string of the molecule is C=NNOCC(=C)C(=O)OCC. The van der Waals surface area contributed by atoms with Crippen LogP contribution in [0.2, 0.25) is 0 Å². The molecule has 1 N–H and O–H groups in total. The fraction of sp³-hybridized carbons (Fsp3) is 0.429. The maximum Gasteiger partial charge on any atom is 0.335 e. The number of carbonyl (C=O) groups is 1. The molecule has 0 atom stereocenters. The molecule has 0 saturated heterocycles. The van der Waals surface area contributed by atoms with Crippen LogP contribution in [-0.4, -0.2) is 25.9 Å². The highest BCUT2D eigenvalue weighted by molar-refractivity contribution is 5.87. The maximum absolute atomic E-state index is 10.9. The van der Waals surface area contributed by atoms with E-state index in [2.05, 4.69) is 33.6 Å². The molecular formula is C7H12N2O3. The van der Waals surface area contributed by atoms with Crippen molar-refractivity contribution in [1.82, 2.24) is 5.59 Å². The Labute approximate surface area is 71.0 Å². The number of hydrazone groups is 1. The molecule has 0 spiro atoms. The zero-order valence-electron chi connectivity index (χ0n) is 7.00. The van der Waals surface area contributed by atoms with Crippen LogP contribution >= 0.6 is 0 Å². The number of esters is 1. The van der Waals surface area contributed by atoms with Gasteiger partial charge in [0.25, 0.3) is 0 Å². The zero-order chi connectivity index (χ0) is 9.40. The van der Waals surface area contributed by atoms with Gasteiger partial charge in [0.15, 0.2) is 0 Å². The molecule has 68 valence electrons. The highest BCUT2D eigenvalue weighted by atomic mass is 16.7. The zero-order valence-corrected chi connectivity index (χ0v) is 7.00. The van der Waals surface area contributed by atoms with E-state index in [0.29, 0.717) is 6.61 Å². The van der Waals surface area contributed by atoms with Crippen LogP contribution in [0, 0.1) is 0 Å². The van der Waals surface area contributed by atoms with Crippen LogP contribution in [0.4, 0.5) is 0 Å². The summed E-state index contributed by atoms with van der Waals surface area (Å²) in [5.41, 5.74) is 2.35.